The van der Waals surface area contributed by atoms with Crippen molar-refractivity contribution < 1.29 is 13.3 Å². The maximum Gasteiger partial charge on any atom is 0.214 e. The predicted octanol–water partition coefficient (Wildman–Crippen LogP) is 0.139. The average Bonchev–Trinajstić information content (AvgIpc) is 3.01. The Morgan fingerprint density at radius 1 is 1.20 bits per heavy atom. The van der Waals surface area contributed by atoms with Gasteiger partial charge in [-0.3, -0.25) is 0 Å². The Hall–Kier alpha value is -0.390. The molecule has 0 unspecified atom stereocenters. The van der Waals surface area contributed by atoms with Crippen LogP contribution >= 0.6 is 0 Å². The van der Waals surface area contributed by atoms with E-state index in [0.29, 0.717) is 25.3 Å². The molecule has 3 aliphatic rings. The van der Waals surface area contributed by atoms with E-state index in [2.05, 4.69) is 12.2 Å². The van der Waals surface area contributed by atoms with E-state index in [4.69, 9.17) is 0 Å². The SMILES string of the molecule is CCCS(=O)(=O)N1CC[NH+](C[C@H]2C[C@H]3C=C[C@@H]2C3)CC1. The van der Waals surface area contributed by atoms with Gasteiger partial charge >= 0.3 is 0 Å². The van der Waals surface area contributed by atoms with Crippen molar-refractivity contribution in [3.05, 3.63) is 12.2 Å². The van der Waals surface area contributed by atoms with Crippen molar-refractivity contribution in [3.8, 4) is 0 Å². The molecule has 1 saturated heterocycles. The first kappa shape index (κ1) is 14.5. The number of fused-ring (bicyclic) bond motifs is 2. The van der Waals surface area contributed by atoms with E-state index in [-0.39, 0.29) is 0 Å². The highest BCUT2D eigenvalue weighted by atomic mass is 32.2. The second-order valence-electron chi connectivity index (χ2n) is 6.71. The maximum absolute atomic E-state index is 12.0. The first-order valence-corrected chi connectivity index (χ1v) is 9.69. The minimum Gasteiger partial charge on any atom is -0.333 e. The largest absolute Gasteiger partial charge is 0.333 e. The van der Waals surface area contributed by atoms with E-state index in [1.165, 1.54) is 19.4 Å². The quantitative estimate of drug-likeness (QED) is 0.734. The fraction of sp³-hybridized carbons (Fsp3) is 0.867. The van der Waals surface area contributed by atoms with Gasteiger partial charge in [-0.05, 0) is 31.1 Å². The molecule has 1 aliphatic heterocycles. The van der Waals surface area contributed by atoms with Crippen LogP contribution in [0.15, 0.2) is 12.2 Å². The highest BCUT2D eigenvalue weighted by Crippen LogP contribution is 2.42. The number of piperazine rings is 1. The van der Waals surface area contributed by atoms with Crippen molar-refractivity contribution in [2.75, 3.05) is 38.5 Å². The van der Waals surface area contributed by atoms with Crippen LogP contribution in [0.5, 0.6) is 0 Å². The van der Waals surface area contributed by atoms with Crippen LogP contribution < -0.4 is 4.90 Å². The number of nitrogens with one attached hydrogen (secondary N) is 1. The summed E-state index contributed by atoms with van der Waals surface area (Å²) in [5, 5.41) is 0. The molecule has 1 heterocycles. The third-order valence-corrected chi connectivity index (χ3v) is 7.33. The first-order valence-electron chi connectivity index (χ1n) is 8.08. The predicted molar refractivity (Wildman–Crippen MR) is 80.1 cm³/mol. The highest BCUT2D eigenvalue weighted by Gasteiger charge is 2.38. The van der Waals surface area contributed by atoms with Gasteiger partial charge in [0.1, 0.15) is 0 Å². The molecule has 0 aromatic carbocycles. The van der Waals surface area contributed by atoms with E-state index in [1.807, 2.05) is 6.92 Å². The van der Waals surface area contributed by atoms with E-state index in [0.717, 1.165) is 30.8 Å². The van der Waals surface area contributed by atoms with Crippen molar-refractivity contribution in [1.29, 1.82) is 0 Å². The van der Waals surface area contributed by atoms with E-state index in [1.54, 1.807) is 9.21 Å². The number of hydrogen-bond donors (Lipinski definition) is 1. The lowest BCUT2D eigenvalue weighted by Gasteiger charge is -2.33. The molecule has 2 aliphatic carbocycles. The fourth-order valence-electron chi connectivity index (χ4n) is 4.17. The Labute approximate surface area is 122 Å². The summed E-state index contributed by atoms with van der Waals surface area (Å²) in [6.45, 7) is 6.58. The Balaban J connectivity index is 1.48. The Morgan fingerprint density at radius 3 is 2.50 bits per heavy atom. The molecule has 0 spiro atoms. The molecular weight excluding hydrogens is 272 g/mol. The van der Waals surface area contributed by atoms with Crippen LogP contribution in [0.1, 0.15) is 26.2 Å². The summed E-state index contributed by atoms with van der Waals surface area (Å²) in [5.41, 5.74) is 0. The smallest absolute Gasteiger partial charge is 0.214 e. The Bertz CT molecular complexity index is 466. The number of rotatable bonds is 5. The summed E-state index contributed by atoms with van der Waals surface area (Å²) in [4.78, 5) is 1.61. The molecule has 20 heavy (non-hydrogen) atoms. The molecule has 0 aromatic heterocycles. The number of hydrogen-bond acceptors (Lipinski definition) is 2. The minimum atomic E-state index is -2.98. The molecule has 3 rings (SSSR count). The molecule has 0 radical (unpaired) electrons. The summed E-state index contributed by atoms with van der Waals surface area (Å²) >= 11 is 0. The standard InChI is InChI=1S/C15H26N2O2S/c1-2-9-20(18,19)17-7-5-16(6-8-17)12-15-11-13-3-4-14(15)10-13/h3-4,13-15H,2,5-12H2,1H3/p+1/t13-,14+,15+/m0/s1. The Kier molecular flexibility index (Phi) is 4.20. The average molecular weight is 299 g/mol. The zero-order valence-electron chi connectivity index (χ0n) is 12.4. The first-order chi connectivity index (χ1) is 9.58. The number of allylic oxidation sites excluding steroid dienone is 2. The van der Waals surface area contributed by atoms with E-state index in [9.17, 15) is 8.42 Å². The lowest BCUT2D eigenvalue weighted by molar-refractivity contribution is -0.907. The van der Waals surface area contributed by atoms with Gasteiger partial charge in [0.2, 0.25) is 10.0 Å². The zero-order chi connectivity index (χ0) is 14.2. The minimum absolute atomic E-state index is 0.305. The van der Waals surface area contributed by atoms with Crippen LogP contribution in [0.3, 0.4) is 0 Å². The third-order valence-electron chi connectivity index (χ3n) is 5.25. The molecule has 1 N–H and O–H groups in total. The van der Waals surface area contributed by atoms with Crippen molar-refractivity contribution >= 4 is 10.0 Å². The van der Waals surface area contributed by atoms with Gasteiger partial charge in [0.25, 0.3) is 0 Å². The number of quaternary nitrogens is 1. The van der Waals surface area contributed by atoms with Crippen molar-refractivity contribution in [2.45, 2.75) is 26.2 Å². The molecule has 3 atom stereocenters. The fourth-order valence-corrected chi connectivity index (χ4v) is 5.68. The van der Waals surface area contributed by atoms with Crippen LogP contribution in [0.4, 0.5) is 0 Å². The van der Waals surface area contributed by atoms with Crippen molar-refractivity contribution in [3.63, 3.8) is 0 Å². The summed E-state index contributed by atoms with van der Waals surface area (Å²) in [6, 6.07) is 0. The second kappa shape index (κ2) is 5.78. The van der Waals surface area contributed by atoms with Gasteiger partial charge in [0, 0.05) is 5.92 Å². The number of sulfonamides is 1. The molecule has 0 amide bonds. The van der Waals surface area contributed by atoms with Gasteiger partial charge in [0.15, 0.2) is 0 Å². The molecule has 5 heteroatoms. The monoisotopic (exact) mass is 299 g/mol. The normalized spacial score (nSPS) is 35.0. The topological polar surface area (TPSA) is 41.8 Å². The molecule has 114 valence electrons. The van der Waals surface area contributed by atoms with E-state index < -0.39 is 10.0 Å². The summed E-state index contributed by atoms with van der Waals surface area (Å²) in [5.74, 6) is 2.81. The van der Waals surface area contributed by atoms with Gasteiger partial charge in [-0.25, -0.2) is 8.42 Å². The number of nitrogens with zero attached hydrogens (tertiary/aromatic N) is 1. The Morgan fingerprint density at radius 2 is 1.95 bits per heavy atom. The van der Waals surface area contributed by atoms with Crippen molar-refractivity contribution in [1.82, 2.24) is 4.31 Å². The molecule has 2 bridgehead atoms. The van der Waals surface area contributed by atoms with Gasteiger partial charge < -0.3 is 4.90 Å². The summed E-state index contributed by atoms with van der Waals surface area (Å²) in [6.07, 6.45) is 8.26. The van der Waals surface area contributed by atoms with Crippen molar-refractivity contribution in [2.24, 2.45) is 17.8 Å². The molecule has 0 aromatic rings. The lowest BCUT2D eigenvalue weighted by Crippen LogP contribution is -3.15. The van der Waals surface area contributed by atoms with Crippen LogP contribution in [-0.4, -0.2) is 51.2 Å². The molecule has 4 nitrogen and oxygen atoms in total. The van der Waals surface area contributed by atoms with Crippen LogP contribution in [0.2, 0.25) is 0 Å². The van der Waals surface area contributed by atoms with Gasteiger partial charge in [-0.2, -0.15) is 4.31 Å². The highest BCUT2D eigenvalue weighted by molar-refractivity contribution is 7.89. The summed E-state index contributed by atoms with van der Waals surface area (Å²) < 4.78 is 25.8. The van der Waals surface area contributed by atoms with Crippen LogP contribution in [0, 0.1) is 17.8 Å². The molecule has 1 saturated carbocycles. The van der Waals surface area contributed by atoms with E-state index >= 15 is 0 Å². The molecule has 2 fully saturated rings. The zero-order valence-corrected chi connectivity index (χ0v) is 13.2. The van der Waals surface area contributed by atoms with Gasteiger partial charge in [-0.1, -0.05) is 19.1 Å². The maximum atomic E-state index is 12.0. The summed E-state index contributed by atoms with van der Waals surface area (Å²) in [7, 11) is -2.98. The van der Waals surface area contributed by atoms with Gasteiger partial charge in [0.05, 0.1) is 38.5 Å². The lowest BCUT2D eigenvalue weighted by atomic mass is 9.93. The van der Waals surface area contributed by atoms with Crippen LogP contribution in [-0.2, 0) is 10.0 Å². The third kappa shape index (κ3) is 2.95. The van der Waals surface area contributed by atoms with Gasteiger partial charge in [-0.15, -0.1) is 0 Å². The van der Waals surface area contributed by atoms with Crippen LogP contribution in [0.25, 0.3) is 0 Å². The molecular formula is C15H27N2O2S+. The second-order valence-corrected chi connectivity index (χ2v) is 8.80.